The van der Waals surface area contributed by atoms with Crippen LogP contribution in [0, 0.1) is 15.9 Å². The number of pyridine rings is 1. The number of hydrogen-bond acceptors (Lipinski definition) is 5. The van der Waals surface area contributed by atoms with E-state index >= 15 is 0 Å². The molecule has 8 heteroatoms. The third-order valence-electron chi connectivity index (χ3n) is 3.97. The van der Waals surface area contributed by atoms with Crippen LogP contribution in [0.25, 0.3) is 0 Å². The van der Waals surface area contributed by atoms with Crippen molar-refractivity contribution in [3.63, 3.8) is 0 Å². The van der Waals surface area contributed by atoms with E-state index in [-0.39, 0.29) is 17.3 Å². The first-order valence-electron chi connectivity index (χ1n) is 7.43. The largest absolute Gasteiger partial charge is 0.329 e. The summed E-state index contributed by atoms with van der Waals surface area (Å²) in [5.74, 6) is -1.38. The minimum absolute atomic E-state index is 0.170. The Labute approximate surface area is 137 Å². The van der Waals surface area contributed by atoms with Gasteiger partial charge in [-0.2, -0.15) is 0 Å². The number of carbonyl (C=O) groups excluding carboxylic acids is 1. The molecule has 0 saturated carbocycles. The Morgan fingerprint density at radius 1 is 1.42 bits per heavy atom. The maximum atomic E-state index is 14.2. The quantitative estimate of drug-likeness (QED) is 0.686. The fraction of sp³-hybridized carbons (Fsp3) is 0.250. The van der Waals surface area contributed by atoms with Crippen LogP contribution in [-0.4, -0.2) is 40.3 Å². The van der Waals surface area contributed by atoms with Crippen LogP contribution >= 0.6 is 0 Å². The third-order valence-corrected chi connectivity index (χ3v) is 3.97. The molecule has 24 heavy (non-hydrogen) atoms. The smallest absolute Gasteiger partial charge is 0.272 e. The molecule has 1 aromatic carbocycles. The van der Waals surface area contributed by atoms with Gasteiger partial charge in [0, 0.05) is 38.1 Å². The topological polar surface area (TPSA) is 88.4 Å². The lowest BCUT2D eigenvalue weighted by atomic mass is 10.0. The summed E-state index contributed by atoms with van der Waals surface area (Å²) in [5, 5.41) is 13.9. The second kappa shape index (κ2) is 6.71. The second-order valence-electron chi connectivity index (χ2n) is 5.43. The average molecular weight is 330 g/mol. The van der Waals surface area contributed by atoms with Crippen LogP contribution in [0.3, 0.4) is 0 Å². The lowest BCUT2D eigenvalue weighted by Crippen LogP contribution is -2.48. The maximum Gasteiger partial charge on any atom is 0.272 e. The van der Waals surface area contributed by atoms with Gasteiger partial charge in [0.2, 0.25) is 0 Å². The molecular formula is C16H15FN4O3. The molecule has 2 aromatic rings. The molecule has 0 radical (unpaired) electrons. The van der Waals surface area contributed by atoms with Gasteiger partial charge in [0.15, 0.2) is 0 Å². The predicted octanol–water partition coefficient (Wildman–Crippen LogP) is 1.92. The highest BCUT2D eigenvalue weighted by Gasteiger charge is 2.30. The van der Waals surface area contributed by atoms with E-state index in [1.165, 1.54) is 0 Å². The highest BCUT2D eigenvalue weighted by Crippen LogP contribution is 2.25. The Bertz CT molecular complexity index is 769. The summed E-state index contributed by atoms with van der Waals surface area (Å²) in [5.41, 5.74) is 0.296. The van der Waals surface area contributed by atoms with Gasteiger partial charge in [0.25, 0.3) is 11.6 Å². The van der Waals surface area contributed by atoms with Crippen molar-refractivity contribution < 1.29 is 14.1 Å². The normalized spacial score (nSPS) is 17.5. The van der Waals surface area contributed by atoms with E-state index in [1.54, 1.807) is 23.4 Å². The van der Waals surface area contributed by atoms with Crippen LogP contribution in [0.4, 0.5) is 10.1 Å². The van der Waals surface area contributed by atoms with Crippen molar-refractivity contribution in [2.75, 3.05) is 19.6 Å². The Kier molecular flexibility index (Phi) is 4.48. The minimum atomic E-state index is -0.891. The number of nitrogens with zero attached hydrogens (tertiary/aromatic N) is 3. The fourth-order valence-corrected chi connectivity index (χ4v) is 2.76. The summed E-state index contributed by atoms with van der Waals surface area (Å²) in [6, 6.07) is 6.44. The SMILES string of the molecule is O=C(c1ccc([N+](=O)[O-])cc1F)N1CCNCC1c1cccnc1. The van der Waals surface area contributed by atoms with Crippen molar-refractivity contribution in [1.82, 2.24) is 15.2 Å². The summed E-state index contributed by atoms with van der Waals surface area (Å²) in [6.07, 6.45) is 3.31. The first-order valence-corrected chi connectivity index (χ1v) is 7.43. The van der Waals surface area contributed by atoms with E-state index in [0.717, 1.165) is 23.8 Å². The van der Waals surface area contributed by atoms with Gasteiger partial charge < -0.3 is 10.2 Å². The number of nitro groups is 1. The third kappa shape index (κ3) is 3.09. The van der Waals surface area contributed by atoms with Gasteiger partial charge in [0.05, 0.1) is 22.6 Å². The molecule has 1 N–H and O–H groups in total. The average Bonchev–Trinajstić information content (AvgIpc) is 2.61. The minimum Gasteiger partial charge on any atom is -0.329 e. The zero-order valence-electron chi connectivity index (χ0n) is 12.7. The molecule has 1 atom stereocenters. The van der Waals surface area contributed by atoms with Crippen LogP contribution in [0.15, 0.2) is 42.7 Å². The lowest BCUT2D eigenvalue weighted by molar-refractivity contribution is -0.385. The number of nitrogens with one attached hydrogen (secondary N) is 1. The Morgan fingerprint density at radius 2 is 2.25 bits per heavy atom. The molecule has 1 amide bonds. The number of carbonyl (C=O) groups is 1. The number of nitro benzene ring substituents is 1. The van der Waals surface area contributed by atoms with E-state index in [9.17, 15) is 19.3 Å². The Hall–Kier alpha value is -2.87. The molecule has 0 spiro atoms. The van der Waals surface area contributed by atoms with Crippen LogP contribution < -0.4 is 5.32 Å². The number of benzene rings is 1. The number of amides is 1. The van der Waals surface area contributed by atoms with E-state index in [2.05, 4.69) is 10.3 Å². The molecule has 7 nitrogen and oxygen atoms in total. The summed E-state index contributed by atoms with van der Waals surface area (Å²) in [6.45, 7) is 1.54. The summed E-state index contributed by atoms with van der Waals surface area (Å²) < 4.78 is 14.2. The Balaban J connectivity index is 1.91. The van der Waals surface area contributed by atoms with E-state index in [0.29, 0.717) is 19.6 Å². The molecule has 1 aliphatic heterocycles. The molecule has 2 heterocycles. The van der Waals surface area contributed by atoms with Crippen LogP contribution in [-0.2, 0) is 0 Å². The van der Waals surface area contributed by atoms with Crippen molar-refractivity contribution >= 4 is 11.6 Å². The van der Waals surface area contributed by atoms with Gasteiger partial charge >= 0.3 is 0 Å². The van der Waals surface area contributed by atoms with Crippen LogP contribution in [0.1, 0.15) is 22.0 Å². The van der Waals surface area contributed by atoms with Crippen molar-refractivity contribution in [2.45, 2.75) is 6.04 Å². The van der Waals surface area contributed by atoms with E-state index in [1.807, 2.05) is 6.07 Å². The van der Waals surface area contributed by atoms with Gasteiger partial charge in [0.1, 0.15) is 5.82 Å². The van der Waals surface area contributed by atoms with Crippen molar-refractivity contribution in [3.05, 3.63) is 69.8 Å². The van der Waals surface area contributed by atoms with Crippen LogP contribution in [0.5, 0.6) is 0 Å². The van der Waals surface area contributed by atoms with Gasteiger partial charge in [-0.15, -0.1) is 0 Å². The zero-order valence-corrected chi connectivity index (χ0v) is 12.7. The monoisotopic (exact) mass is 330 g/mol. The van der Waals surface area contributed by atoms with Crippen molar-refractivity contribution in [2.24, 2.45) is 0 Å². The van der Waals surface area contributed by atoms with E-state index < -0.39 is 16.6 Å². The summed E-state index contributed by atoms with van der Waals surface area (Å²) >= 11 is 0. The van der Waals surface area contributed by atoms with Gasteiger partial charge in [-0.3, -0.25) is 19.9 Å². The molecular weight excluding hydrogens is 315 g/mol. The Morgan fingerprint density at radius 3 is 2.92 bits per heavy atom. The van der Waals surface area contributed by atoms with E-state index in [4.69, 9.17) is 0 Å². The molecule has 1 unspecified atom stereocenters. The van der Waals surface area contributed by atoms with Gasteiger partial charge in [-0.25, -0.2) is 4.39 Å². The number of piperazine rings is 1. The molecule has 1 saturated heterocycles. The number of non-ortho nitro benzene ring substituents is 1. The lowest BCUT2D eigenvalue weighted by Gasteiger charge is -2.36. The zero-order chi connectivity index (χ0) is 17.1. The predicted molar refractivity (Wildman–Crippen MR) is 83.9 cm³/mol. The highest BCUT2D eigenvalue weighted by atomic mass is 19.1. The number of halogens is 1. The first kappa shape index (κ1) is 16.0. The number of rotatable bonds is 3. The van der Waals surface area contributed by atoms with Gasteiger partial charge in [-0.05, 0) is 17.7 Å². The summed E-state index contributed by atoms with van der Waals surface area (Å²) in [7, 11) is 0. The molecule has 3 rings (SSSR count). The van der Waals surface area contributed by atoms with Gasteiger partial charge in [-0.1, -0.05) is 6.07 Å². The van der Waals surface area contributed by atoms with Crippen LogP contribution in [0.2, 0.25) is 0 Å². The van der Waals surface area contributed by atoms with Crippen molar-refractivity contribution in [1.29, 1.82) is 0 Å². The number of aromatic nitrogens is 1. The molecule has 1 aliphatic rings. The molecule has 124 valence electrons. The molecule has 1 fully saturated rings. The maximum absolute atomic E-state index is 14.2. The standard InChI is InChI=1S/C16H15FN4O3/c17-14-8-12(21(23)24)3-4-13(14)16(22)20-7-6-19-10-15(20)11-2-1-5-18-9-11/h1-5,8-9,15,19H,6-7,10H2. The molecule has 0 bridgehead atoms. The summed E-state index contributed by atoms with van der Waals surface area (Å²) in [4.78, 5) is 28.4. The molecule has 1 aromatic heterocycles. The second-order valence-corrected chi connectivity index (χ2v) is 5.43. The highest BCUT2D eigenvalue weighted by molar-refractivity contribution is 5.95. The van der Waals surface area contributed by atoms with Crippen molar-refractivity contribution in [3.8, 4) is 0 Å². The molecule has 0 aliphatic carbocycles. The fourth-order valence-electron chi connectivity index (χ4n) is 2.76. The number of hydrogen-bond donors (Lipinski definition) is 1. The first-order chi connectivity index (χ1) is 11.6.